The van der Waals surface area contributed by atoms with E-state index >= 15 is 0 Å². The summed E-state index contributed by atoms with van der Waals surface area (Å²) in [6.07, 6.45) is 3.43. The summed E-state index contributed by atoms with van der Waals surface area (Å²) < 4.78 is 0. The average molecular weight is 272 g/mol. The number of thiophene rings is 1. The normalized spacial score (nSPS) is 10.9. The largest absolute Gasteiger partial charge is 0.477 e. The first-order valence-electron chi connectivity index (χ1n) is 4.33. The van der Waals surface area contributed by atoms with Crippen LogP contribution in [0.5, 0.6) is 0 Å². The fourth-order valence-corrected chi connectivity index (χ4v) is 3.87. The lowest BCUT2D eigenvalue weighted by molar-refractivity contribution is 0.0701. The molecule has 7 heteroatoms. The number of fused-ring (bicyclic) bond motifs is 1. The summed E-state index contributed by atoms with van der Waals surface area (Å²) in [7, 11) is 3.10. The summed E-state index contributed by atoms with van der Waals surface area (Å²) in [4.78, 5) is 20.4. The number of nitrogens with zero attached hydrogens (tertiary/aromatic N) is 2. The molecule has 0 aromatic carbocycles. The molecule has 0 bridgehead atoms. The van der Waals surface area contributed by atoms with Crippen molar-refractivity contribution in [3.8, 4) is 0 Å². The lowest BCUT2D eigenvalue weighted by atomic mass is 10.2. The zero-order chi connectivity index (χ0) is 11.7. The van der Waals surface area contributed by atoms with Crippen molar-refractivity contribution < 1.29 is 9.90 Å². The molecule has 2 aromatic heterocycles. The summed E-state index contributed by atoms with van der Waals surface area (Å²) in [5.74, 6) is -0.902. The Kier molecular flexibility index (Phi) is 3.36. The summed E-state index contributed by atoms with van der Waals surface area (Å²) in [5, 5.41) is 10.7. The minimum atomic E-state index is -0.902. The third kappa shape index (κ3) is 1.90. The van der Waals surface area contributed by atoms with Gasteiger partial charge < -0.3 is 5.11 Å². The van der Waals surface area contributed by atoms with Crippen LogP contribution in [0.2, 0.25) is 0 Å². The van der Waals surface area contributed by atoms with Crippen LogP contribution in [-0.4, -0.2) is 27.3 Å². The first-order valence-corrected chi connectivity index (χ1v) is 7.70. The first kappa shape index (κ1) is 11.7. The molecule has 4 nitrogen and oxygen atoms in total. The van der Waals surface area contributed by atoms with Gasteiger partial charge in [0.15, 0.2) is 0 Å². The van der Waals surface area contributed by atoms with Crippen LogP contribution in [0.15, 0.2) is 11.4 Å². The van der Waals surface area contributed by atoms with E-state index in [-0.39, 0.29) is 0 Å². The van der Waals surface area contributed by atoms with Gasteiger partial charge in [-0.2, -0.15) is 0 Å². The maximum atomic E-state index is 11.0. The van der Waals surface area contributed by atoms with Crippen molar-refractivity contribution in [2.75, 3.05) is 6.26 Å². The van der Waals surface area contributed by atoms with E-state index in [1.165, 1.54) is 28.5 Å². The van der Waals surface area contributed by atoms with Crippen molar-refractivity contribution >= 4 is 49.1 Å². The van der Waals surface area contributed by atoms with E-state index in [1.807, 2.05) is 6.26 Å². The van der Waals surface area contributed by atoms with E-state index in [9.17, 15) is 4.79 Å². The molecule has 0 spiro atoms. The molecule has 0 amide bonds. The molecule has 0 unspecified atom stereocenters. The second-order valence-corrected chi connectivity index (χ2v) is 6.36. The Bertz CT molecular complexity index is 553. The highest BCUT2D eigenvalue weighted by atomic mass is 33.1. The molecule has 2 rings (SSSR count). The lowest BCUT2D eigenvalue weighted by Gasteiger charge is -1.99. The van der Waals surface area contributed by atoms with Crippen molar-refractivity contribution in [2.45, 2.75) is 11.9 Å². The number of carboxylic acids is 1. The molecule has 0 atom stereocenters. The third-order valence-electron chi connectivity index (χ3n) is 2.05. The fraction of sp³-hybridized carbons (Fsp3) is 0.222. The Labute approximate surface area is 104 Å². The van der Waals surface area contributed by atoms with E-state index in [4.69, 9.17) is 5.11 Å². The van der Waals surface area contributed by atoms with Crippen molar-refractivity contribution in [2.24, 2.45) is 0 Å². The molecule has 0 aliphatic heterocycles. The van der Waals surface area contributed by atoms with Gasteiger partial charge in [-0.05, 0) is 29.5 Å². The minimum absolute atomic E-state index is 0.346. The second kappa shape index (κ2) is 4.60. The van der Waals surface area contributed by atoms with Crippen molar-refractivity contribution in [1.29, 1.82) is 0 Å². The zero-order valence-corrected chi connectivity index (χ0v) is 11.0. The van der Waals surface area contributed by atoms with Gasteiger partial charge in [-0.25, -0.2) is 14.8 Å². The molecule has 16 heavy (non-hydrogen) atoms. The molecule has 0 aliphatic rings. The van der Waals surface area contributed by atoms with Crippen LogP contribution in [0.1, 0.15) is 15.2 Å². The van der Waals surface area contributed by atoms with Crippen LogP contribution in [0.25, 0.3) is 10.2 Å². The molecular formula is C9H8N2O2S3. The van der Waals surface area contributed by atoms with Gasteiger partial charge in [-0.3, -0.25) is 0 Å². The second-order valence-electron chi connectivity index (χ2n) is 2.97. The molecule has 1 N–H and O–H groups in total. The Morgan fingerprint density at radius 3 is 2.88 bits per heavy atom. The average Bonchev–Trinajstić information content (AvgIpc) is 2.58. The van der Waals surface area contributed by atoms with Gasteiger partial charge in [-0.1, -0.05) is 10.8 Å². The van der Waals surface area contributed by atoms with Crippen LogP contribution in [-0.2, 0) is 0 Å². The molecule has 2 heterocycles. The summed E-state index contributed by atoms with van der Waals surface area (Å²) in [6.45, 7) is 1.80. The van der Waals surface area contributed by atoms with Crippen LogP contribution in [0.4, 0.5) is 0 Å². The van der Waals surface area contributed by atoms with Gasteiger partial charge in [0.25, 0.3) is 0 Å². The minimum Gasteiger partial charge on any atom is -0.477 e. The van der Waals surface area contributed by atoms with E-state index in [2.05, 4.69) is 9.97 Å². The zero-order valence-electron chi connectivity index (χ0n) is 8.55. The third-order valence-corrected chi connectivity index (χ3v) is 4.84. The number of carbonyl (C=O) groups is 1. The first-order chi connectivity index (χ1) is 7.65. The van der Waals surface area contributed by atoms with Crippen LogP contribution in [0, 0.1) is 6.92 Å². The molecule has 0 radical (unpaired) electrons. The van der Waals surface area contributed by atoms with E-state index < -0.39 is 5.97 Å². The summed E-state index contributed by atoms with van der Waals surface area (Å²) in [5.41, 5.74) is 0.754. The number of aromatic nitrogens is 2. The Balaban J connectivity index is 2.71. The van der Waals surface area contributed by atoms with Crippen molar-refractivity contribution in [3.63, 3.8) is 0 Å². The van der Waals surface area contributed by atoms with Gasteiger partial charge >= 0.3 is 5.97 Å². The van der Waals surface area contributed by atoms with Crippen molar-refractivity contribution in [1.82, 2.24) is 9.97 Å². The molecular weight excluding hydrogens is 264 g/mol. The maximum absolute atomic E-state index is 11.0. The quantitative estimate of drug-likeness (QED) is 0.684. The number of aromatic carboxylic acids is 1. The fourth-order valence-electron chi connectivity index (χ4n) is 1.39. The van der Waals surface area contributed by atoms with Crippen LogP contribution >= 0.6 is 32.9 Å². The van der Waals surface area contributed by atoms with Gasteiger partial charge in [0.1, 0.15) is 21.1 Å². The van der Waals surface area contributed by atoms with E-state index in [0.717, 1.165) is 20.8 Å². The molecule has 0 saturated heterocycles. The predicted molar refractivity (Wildman–Crippen MR) is 68.5 cm³/mol. The van der Waals surface area contributed by atoms with Gasteiger partial charge in [0.05, 0.1) is 0 Å². The van der Waals surface area contributed by atoms with E-state index in [1.54, 1.807) is 17.7 Å². The SMILES string of the molecule is CSSc1ncnc2sc(C(=O)O)c(C)c12. The maximum Gasteiger partial charge on any atom is 0.346 e. The predicted octanol–water partition coefficient (Wildman–Crippen LogP) is 3.07. The monoisotopic (exact) mass is 272 g/mol. The Morgan fingerprint density at radius 1 is 1.50 bits per heavy atom. The van der Waals surface area contributed by atoms with Gasteiger partial charge in [-0.15, -0.1) is 11.3 Å². The standard InChI is InChI=1S/C9H8N2O2S3/c1-4-5-7(15-6(4)9(12)13)10-3-11-8(5)16-14-2/h3H,1-2H3,(H,12,13). The Morgan fingerprint density at radius 2 is 2.25 bits per heavy atom. The van der Waals surface area contributed by atoms with Gasteiger partial charge in [0.2, 0.25) is 0 Å². The number of aryl methyl sites for hydroxylation is 1. The lowest BCUT2D eigenvalue weighted by Crippen LogP contribution is -1.94. The number of rotatable bonds is 3. The molecule has 0 fully saturated rings. The molecule has 2 aromatic rings. The smallest absolute Gasteiger partial charge is 0.346 e. The highest BCUT2D eigenvalue weighted by Gasteiger charge is 2.18. The van der Waals surface area contributed by atoms with Crippen LogP contribution in [0.3, 0.4) is 0 Å². The Hall–Kier alpha value is -0.790. The number of hydrogen-bond donors (Lipinski definition) is 1. The van der Waals surface area contributed by atoms with Crippen LogP contribution < -0.4 is 0 Å². The summed E-state index contributed by atoms with van der Waals surface area (Å²) in [6, 6.07) is 0. The summed E-state index contributed by atoms with van der Waals surface area (Å²) >= 11 is 1.20. The topological polar surface area (TPSA) is 63.1 Å². The van der Waals surface area contributed by atoms with E-state index in [0.29, 0.717) is 4.88 Å². The molecule has 0 saturated carbocycles. The van der Waals surface area contributed by atoms with Gasteiger partial charge in [0, 0.05) is 5.39 Å². The molecule has 0 aliphatic carbocycles. The van der Waals surface area contributed by atoms with Crippen molar-refractivity contribution in [3.05, 3.63) is 16.8 Å². The highest BCUT2D eigenvalue weighted by Crippen LogP contribution is 2.38. The number of hydrogen-bond acceptors (Lipinski definition) is 6. The highest BCUT2D eigenvalue weighted by molar-refractivity contribution is 8.76. The molecule has 84 valence electrons. The number of carboxylic acid groups (broad SMARTS) is 1.